The molecule has 0 spiro atoms. The third-order valence-corrected chi connectivity index (χ3v) is 7.72. The Morgan fingerprint density at radius 2 is 1.70 bits per heavy atom. The van der Waals surface area contributed by atoms with Gasteiger partial charge in [-0.05, 0) is 53.6 Å². The lowest BCUT2D eigenvalue weighted by atomic mass is 9.98. The molecule has 0 radical (unpaired) electrons. The molecule has 0 aliphatic heterocycles. The van der Waals surface area contributed by atoms with Crippen LogP contribution in [0.1, 0.15) is 55.5 Å². The number of amides is 1. The molecule has 204 valence electrons. The molecule has 2 aromatic carbocycles. The fraction of sp³-hybridized carbons (Fsp3) is 0.312. The number of hydrogen-bond acceptors (Lipinski definition) is 6. The number of pyridine rings is 2. The van der Waals surface area contributed by atoms with Crippen LogP contribution >= 0.6 is 0 Å². The molecule has 0 atom stereocenters. The Hall–Kier alpha value is -4.46. The molecule has 0 fully saturated rings. The van der Waals surface area contributed by atoms with Crippen molar-refractivity contribution < 1.29 is 9.53 Å². The molecule has 8 heteroatoms. The number of alkyl carbamates (subject to hydrolysis) is 1. The number of aryl methyl sites for hydroxylation is 2. The van der Waals surface area contributed by atoms with Gasteiger partial charge in [0.25, 0.3) is 0 Å². The van der Waals surface area contributed by atoms with Gasteiger partial charge in [-0.3, -0.25) is 4.98 Å². The minimum atomic E-state index is -0.382. The van der Waals surface area contributed by atoms with E-state index in [0.29, 0.717) is 24.5 Å². The quantitative estimate of drug-likeness (QED) is 0.206. The summed E-state index contributed by atoms with van der Waals surface area (Å²) in [5.41, 5.74) is 14.4. The van der Waals surface area contributed by atoms with E-state index in [0.717, 1.165) is 61.0 Å². The number of nitrogens with zero attached hydrogens (tertiary/aromatic N) is 4. The van der Waals surface area contributed by atoms with Gasteiger partial charge in [0.1, 0.15) is 29.0 Å². The monoisotopic (exact) mass is 534 g/mol. The van der Waals surface area contributed by atoms with Crippen molar-refractivity contribution in [1.82, 2.24) is 24.8 Å². The second-order valence-corrected chi connectivity index (χ2v) is 10.3. The van der Waals surface area contributed by atoms with Crippen molar-refractivity contribution >= 4 is 34.0 Å². The number of benzene rings is 2. The van der Waals surface area contributed by atoms with Gasteiger partial charge >= 0.3 is 6.09 Å². The SMILES string of the molecule is CCCCc1nc2c(N)nc3cccnc3c2n1CCCCNC(=O)OCC1c2ccccc2-c2ccccc21. The van der Waals surface area contributed by atoms with Gasteiger partial charge in [-0.1, -0.05) is 61.9 Å². The molecule has 1 aliphatic rings. The van der Waals surface area contributed by atoms with Gasteiger partial charge < -0.3 is 20.4 Å². The predicted octanol–water partition coefficient (Wildman–Crippen LogP) is 6.22. The lowest BCUT2D eigenvalue weighted by molar-refractivity contribution is 0.143. The molecule has 3 aromatic heterocycles. The van der Waals surface area contributed by atoms with Crippen molar-refractivity contribution in [3.05, 3.63) is 83.8 Å². The molecule has 0 saturated heterocycles. The van der Waals surface area contributed by atoms with Gasteiger partial charge in [0.15, 0.2) is 5.82 Å². The zero-order valence-electron chi connectivity index (χ0n) is 22.8. The molecule has 3 heterocycles. The maximum absolute atomic E-state index is 12.6. The van der Waals surface area contributed by atoms with Crippen LogP contribution in [0.25, 0.3) is 33.2 Å². The van der Waals surface area contributed by atoms with E-state index in [1.807, 2.05) is 24.3 Å². The van der Waals surface area contributed by atoms with Gasteiger partial charge in [0.2, 0.25) is 0 Å². The molecular formula is C32H34N6O2. The molecule has 1 aliphatic carbocycles. The Balaban J connectivity index is 1.07. The average Bonchev–Trinajstić information content (AvgIpc) is 3.51. The highest BCUT2D eigenvalue weighted by Crippen LogP contribution is 2.44. The molecule has 6 rings (SSSR count). The highest BCUT2D eigenvalue weighted by Gasteiger charge is 2.29. The van der Waals surface area contributed by atoms with E-state index >= 15 is 0 Å². The number of nitrogen functional groups attached to an aromatic ring is 1. The maximum atomic E-state index is 12.6. The third-order valence-electron chi connectivity index (χ3n) is 7.72. The smallest absolute Gasteiger partial charge is 0.407 e. The number of ether oxygens (including phenoxy) is 1. The number of nitrogens with two attached hydrogens (primary N) is 1. The molecular weight excluding hydrogens is 500 g/mol. The van der Waals surface area contributed by atoms with Crippen molar-refractivity contribution in [2.24, 2.45) is 0 Å². The fourth-order valence-corrected chi connectivity index (χ4v) is 5.77. The van der Waals surface area contributed by atoms with E-state index in [1.165, 1.54) is 22.3 Å². The number of nitrogens with one attached hydrogen (secondary N) is 1. The number of anilines is 1. The van der Waals surface area contributed by atoms with Crippen molar-refractivity contribution in [1.29, 1.82) is 0 Å². The lowest BCUT2D eigenvalue weighted by Crippen LogP contribution is -2.27. The van der Waals surface area contributed by atoms with E-state index < -0.39 is 0 Å². The normalized spacial score (nSPS) is 12.5. The Labute approximate surface area is 233 Å². The number of unbranched alkanes of at least 4 members (excludes halogenated alkanes) is 2. The molecule has 3 N–H and O–H groups in total. The number of carbonyl (C=O) groups excluding carboxylic acids is 1. The van der Waals surface area contributed by atoms with Crippen LogP contribution in [0.2, 0.25) is 0 Å². The maximum Gasteiger partial charge on any atom is 0.407 e. The van der Waals surface area contributed by atoms with Crippen LogP contribution in [0.5, 0.6) is 0 Å². The molecule has 40 heavy (non-hydrogen) atoms. The number of imidazole rings is 1. The highest BCUT2D eigenvalue weighted by molar-refractivity contribution is 6.04. The Morgan fingerprint density at radius 1 is 0.950 bits per heavy atom. The van der Waals surface area contributed by atoms with Gasteiger partial charge in [-0.25, -0.2) is 14.8 Å². The van der Waals surface area contributed by atoms with E-state index in [1.54, 1.807) is 6.20 Å². The van der Waals surface area contributed by atoms with Crippen LogP contribution in [-0.2, 0) is 17.7 Å². The zero-order chi connectivity index (χ0) is 27.5. The predicted molar refractivity (Wildman–Crippen MR) is 158 cm³/mol. The van der Waals surface area contributed by atoms with E-state index in [2.05, 4.69) is 63.2 Å². The topological polar surface area (TPSA) is 108 Å². The van der Waals surface area contributed by atoms with E-state index in [9.17, 15) is 4.79 Å². The summed E-state index contributed by atoms with van der Waals surface area (Å²) < 4.78 is 7.92. The first-order valence-corrected chi connectivity index (χ1v) is 14.1. The van der Waals surface area contributed by atoms with Crippen LogP contribution in [0.4, 0.5) is 10.6 Å². The van der Waals surface area contributed by atoms with Crippen molar-refractivity contribution in [2.75, 3.05) is 18.9 Å². The Bertz CT molecular complexity index is 1630. The summed E-state index contributed by atoms with van der Waals surface area (Å²) in [6.07, 6.45) is 6.07. The average molecular weight is 535 g/mol. The highest BCUT2D eigenvalue weighted by atomic mass is 16.5. The van der Waals surface area contributed by atoms with E-state index in [-0.39, 0.29) is 12.0 Å². The number of fused-ring (bicyclic) bond motifs is 6. The van der Waals surface area contributed by atoms with E-state index in [4.69, 9.17) is 15.5 Å². The molecule has 0 bridgehead atoms. The van der Waals surface area contributed by atoms with Crippen LogP contribution in [0.15, 0.2) is 66.9 Å². The standard InChI is InChI=1S/C32H34N6O2/c1-2-3-16-27-37-29-30(28-26(36-31(29)33)15-10-18-34-28)38(27)19-9-8-17-35-32(39)40-20-25-23-13-6-4-11-21(23)22-12-5-7-14-24(22)25/h4-7,10-15,18,25H,2-3,8-9,16-17,19-20H2,1H3,(H2,33,36)(H,35,39). The molecule has 1 amide bonds. The van der Waals surface area contributed by atoms with Crippen LogP contribution < -0.4 is 11.1 Å². The van der Waals surface area contributed by atoms with Gasteiger partial charge in [0.05, 0.1) is 5.52 Å². The number of carbonyl (C=O) groups is 1. The summed E-state index contributed by atoms with van der Waals surface area (Å²) in [4.78, 5) is 26.6. The summed E-state index contributed by atoms with van der Waals surface area (Å²) in [5, 5.41) is 2.93. The van der Waals surface area contributed by atoms with Crippen LogP contribution in [-0.4, -0.2) is 38.8 Å². The Kier molecular flexibility index (Phi) is 7.31. The van der Waals surface area contributed by atoms with Crippen molar-refractivity contribution in [3.8, 4) is 11.1 Å². The van der Waals surface area contributed by atoms with Gasteiger partial charge in [-0.15, -0.1) is 0 Å². The molecule has 8 nitrogen and oxygen atoms in total. The first kappa shape index (κ1) is 25.8. The van der Waals surface area contributed by atoms with Crippen molar-refractivity contribution in [2.45, 2.75) is 51.5 Å². The summed E-state index contributed by atoms with van der Waals surface area (Å²) >= 11 is 0. The van der Waals surface area contributed by atoms with Gasteiger partial charge in [-0.2, -0.15) is 0 Å². The first-order valence-electron chi connectivity index (χ1n) is 14.1. The van der Waals surface area contributed by atoms with Crippen molar-refractivity contribution in [3.63, 3.8) is 0 Å². The lowest BCUT2D eigenvalue weighted by Gasteiger charge is -2.15. The molecule has 0 saturated carbocycles. The number of rotatable bonds is 10. The largest absolute Gasteiger partial charge is 0.449 e. The minimum Gasteiger partial charge on any atom is -0.449 e. The Morgan fingerprint density at radius 3 is 2.45 bits per heavy atom. The number of aromatic nitrogens is 4. The minimum absolute atomic E-state index is 0.0552. The van der Waals surface area contributed by atoms with Gasteiger partial charge in [0, 0.05) is 31.6 Å². The summed E-state index contributed by atoms with van der Waals surface area (Å²) in [6, 6.07) is 20.5. The number of hydrogen-bond donors (Lipinski definition) is 2. The molecule has 5 aromatic rings. The van der Waals surface area contributed by atoms with Crippen LogP contribution in [0.3, 0.4) is 0 Å². The summed E-state index contributed by atoms with van der Waals surface area (Å²) in [6.45, 7) is 3.79. The third kappa shape index (κ3) is 4.85. The summed E-state index contributed by atoms with van der Waals surface area (Å²) in [7, 11) is 0. The molecule has 0 unspecified atom stereocenters. The fourth-order valence-electron chi connectivity index (χ4n) is 5.77. The first-order chi connectivity index (χ1) is 19.7. The second-order valence-electron chi connectivity index (χ2n) is 10.3. The second kappa shape index (κ2) is 11.3. The zero-order valence-corrected chi connectivity index (χ0v) is 22.8. The van der Waals surface area contributed by atoms with Crippen LogP contribution in [0, 0.1) is 0 Å². The summed E-state index contributed by atoms with van der Waals surface area (Å²) in [5.74, 6) is 1.50.